The van der Waals surface area contributed by atoms with Crippen LogP contribution >= 0.6 is 0 Å². The van der Waals surface area contributed by atoms with E-state index in [4.69, 9.17) is 9.47 Å². The predicted molar refractivity (Wildman–Crippen MR) is 125 cm³/mol. The van der Waals surface area contributed by atoms with Gasteiger partial charge in [-0.2, -0.15) is 0 Å². The summed E-state index contributed by atoms with van der Waals surface area (Å²) < 4.78 is 11.2. The Morgan fingerprint density at radius 2 is 1.09 bits per heavy atom. The van der Waals surface area contributed by atoms with Crippen LogP contribution in [0.25, 0.3) is 0 Å². The van der Waals surface area contributed by atoms with Gasteiger partial charge in [0.2, 0.25) is 11.8 Å². The van der Waals surface area contributed by atoms with Gasteiger partial charge in [0.05, 0.1) is 0 Å². The fraction of sp³-hybridized carbons (Fsp3) is 0.615. The van der Waals surface area contributed by atoms with Crippen LogP contribution in [0, 0.1) is 0 Å². The fourth-order valence-electron chi connectivity index (χ4n) is 5.13. The van der Waals surface area contributed by atoms with Crippen molar-refractivity contribution in [2.24, 2.45) is 0 Å². The number of carbonyl (C=O) groups excluding carboxylic acids is 4. The molecule has 2 saturated carbocycles. The van der Waals surface area contributed by atoms with E-state index >= 15 is 0 Å². The molecule has 0 aliphatic heterocycles. The van der Waals surface area contributed by atoms with Crippen LogP contribution in [0.15, 0.2) is 24.3 Å². The van der Waals surface area contributed by atoms with Crippen LogP contribution in [0.5, 0.6) is 0 Å². The molecule has 2 aliphatic carbocycles. The Bertz CT molecular complexity index is 831. The van der Waals surface area contributed by atoms with Crippen LogP contribution in [0.4, 0.5) is 0 Å². The monoisotopic (exact) mass is 472 g/mol. The molecule has 2 amide bonds. The Morgan fingerprint density at radius 3 is 1.44 bits per heavy atom. The average Bonchev–Trinajstić information content (AvgIpc) is 2.81. The van der Waals surface area contributed by atoms with Gasteiger partial charge in [-0.15, -0.1) is 0 Å². The second-order valence-electron chi connectivity index (χ2n) is 9.62. The SMILES string of the molecule is CC(=O)NC1(C(=O)OCc2cccc(COC(=O)C3(NC(C)=O)CCCCC3)c2)CCCCC1. The van der Waals surface area contributed by atoms with Crippen LogP contribution in [0.3, 0.4) is 0 Å². The zero-order chi connectivity index (χ0) is 24.6. The number of esters is 2. The Balaban J connectivity index is 1.59. The van der Waals surface area contributed by atoms with Crippen molar-refractivity contribution in [2.75, 3.05) is 0 Å². The zero-order valence-electron chi connectivity index (χ0n) is 20.2. The molecule has 0 unspecified atom stereocenters. The maximum atomic E-state index is 12.9. The van der Waals surface area contributed by atoms with Gasteiger partial charge in [0, 0.05) is 13.8 Å². The summed E-state index contributed by atoms with van der Waals surface area (Å²) in [6, 6.07) is 7.33. The van der Waals surface area contributed by atoms with Gasteiger partial charge >= 0.3 is 11.9 Å². The minimum Gasteiger partial charge on any atom is -0.459 e. The lowest BCUT2D eigenvalue weighted by molar-refractivity contribution is -0.156. The van der Waals surface area contributed by atoms with Gasteiger partial charge in [-0.1, -0.05) is 56.7 Å². The van der Waals surface area contributed by atoms with E-state index in [2.05, 4.69) is 10.6 Å². The Labute approximate surface area is 201 Å². The summed E-state index contributed by atoms with van der Waals surface area (Å²) in [5.41, 5.74) is -0.361. The molecule has 2 N–H and O–H groups in total. The van der Waals surface area contributed by atoms with Gasteiger partial charge in [0.25, 0.3) is 0 Å². The van der Waals surface area contributed by atoms with Gasteiger partial charge in [-0.3, -0.25) is 9.59 Å². The van der Waals surface area contributed by atoms with E-state index in [0.717, 1.165) is 49.7 Å². The van der Waals surface area contributed by atoms with E-state index in [1.54, 1.807) is 0 Å². The number of hydrogen-bond acceptors (Lipinski definition) is 6. The third kappa shape index (κ3) is 6.58. The number of carbonyl (C=O) groups is 4. The topological polar surface area (TPSA) is 111 Å². The highest BCUT2D eigenvalue weighted by Crippen LogP contribution is 2.31. The summed E-state index contributed by atoms with van der Waals surface area (Å²) in [5, 5.41) is 5.65. The molecule has 2 fully saturated rings. The zero-order valence-corrected chi connectivity index (χ0v) is 20.2. The number of ether oxygens (including phenoxy) is 2. The van der Waals surface area contributed by atoms with E-state index in [1.807, 2.05) is 24.3 Å². The highest BCUT2D eigenvalue weighted by Gasteiger charge is 2.42. The molecule has 0 radical (unpaired) electrons. The molecule has 0 saturated heterocycles. The summed E-state index contributed by atoms with van der Waals surface area (Å²) >= 11 is 0. The van der Waals surface area contributed by atoms with Gasteiger partial charge < -0.3 is 20.1 Å². The van der Waals surface area contributed by atoms with Crippen molar-refractivity contribution in [3.8, 4) is 0 Å². The van der Waals surface area contributed by atoms with Crippen molar-refractivity contribution in [1.82, 2.24) is 10.6 Å². The second kappa shape index (κ2) is 11.5. The van der Waals surface area contributed by atoms with Crippen molar-refractivity contribution in [3.63, 3.8) is 0 Å². The van der Waals surface area contributed by atoms with E-state index in [0.29, 0.717) is 25.7 Å². The Kier molecular flexibility index (Phi) is 8.69. The molecule has 0 aromatic heterocycles. The van der Waals surface area contributed by atoms with E-state index in [9.17, 15) is 19.2 Å². The molecule has 3 rings (SSSR count). The summed E-state index contributed by atoms with van der Waals surface area (Å²) in [6.45, 7) is 2.96. The van der Waals surface area contributed by atoms with Crippen molar-refractivity contribution in [3.05, 3.63) is 35.4 Å². The molecular formula is C26H36N2O6. The van der Waals surface area contributed by atoms with Crippen LogP contribution in [-0.4, -0.2) is 34.8 Å². The summed E-state index contributed by atoms with van der Waals surface area (Å²) in [5.74, 6) is -1.29. The first kappa shape index (κ1) is 25.7. The normalized spacial score (nSPS) is 18.9. The molecular weight excluding hydrogens is 436 g/mol. The number of rotatable bonds is 8. The number of hydrogen-bond donors (Lipinski definition) is 2. The molecule has 8 nitrogen and oxygen atoms in total. The van der Waals surface area contributed by atoms with Crippen LogP contribution in [-0.2, 0) is 41.9 Å². The molecule has 0 heterocycles. The minimum absolute atomic E-state index is 0.0672. The maximum absolute atomic E-state index is 12.9. The maximum Gasteiger partial charge on any atom is 0.332 e. The molecule has 1 aromatic rings. The van der Waals surface area contributed by atoms with Crippen molar-refractivity contribution < 1.29 is 28.7 Å². The van der Waals surface area contributed by atoms with Gasteiger partial charge in [0.1, 0.15) is 24.3 Å². The molecule has 1 aromatic carbocycles. The van der Waals surface area contributed by atoms with Gasteiger partial charge in [-0.05, 0) is 42.9 Å². The van der Waals surface area contributed by atoms with Crippen molar-refractivity contribution in [2.45, 2.75) is 102 Å². The van der Waals surface area contributed by atoms with Gasteiger partial charge in [0.15, 0.2) is 0 Å². The summed E-state index contributed by atoms with van der Waals surface area (Å²) in [6.07, 6.45) is 7.89. The highest BCUT2D eigenvalue weighted by molar-refractivity contribution is 5.88. The second-order valence-corrected chi connectivity index (χ2v) is 9.62. The first-order valence-corrected chi connectivity index (χ1v) is 12.2. The van der Waals surface area contributed by atoms with Crippen LogP contribution in [0.1, 0.15) is 89.2 Å². The molecule has 8 heteroatoms. The average molecular weight is 473 g/mol. The Hall–Kier alpha value is -2.90. The molecule has 0 atom stereocenters. The predicted octanol–water partition coefficient (Wildman–Crippen LogP) is 3.45. The van der Waals surface area contributed by atoms with E-state index in [-0.39, 0.29) is 25.0 Å². The summed E-state index contributed by atoms with van der Waals surface area (Å²) in [4.78, 5) is 49.1. The largest absolute Gasteiger partial charge is 0.459 e. The number of amides is 2. The van der Waals surface area contributed by atoms with Crippen molar-refractivity contribution in [1.29, 1.82) is 0 Å². The Morgan fingerprint density at radius 1 is 0.706 bits per heavy atom. The first-order chi connectivity index (χ1) is 16.2. The minimum atomic E-state index is -0.949. The molecule has 34 heavy (non-hydrogen) atoms. The van der Waals surface area contributed by atoms with E-state index < -0.39 is 23.0 Å². The van der Waals surface area contributed by atoms with Crippen LogP contribution < -0.4 is 10.6 Å². The quantitative estimate of drug-likeness (QED) is 0.561. The van der Waals surface area contributed by atoms with Gasteiger partial charge in [-0.25, -0.2) is 9.59 Å². The molecule has 186 valence electrons. The molecule has 0 bridgehead atoms. The third-order valence-electron chi connectivity index (χ3n) is 6.76. The third-order valence-corrected chi connectivity index (χ3v) is 6.76. The molecule has 0 spiro atoms. The highest BCUT2D eigenvalue weighted by atomic mass is 16.5. The first-order valence-electron chi connectivity index (χ1n) is 12.2. The lowest BCUT2D eigenvalue weighted by Gasteiger charge is -2.35. The number of nitrogens with one attached hydrogen (secondary N) is 2. The lowest BCUT2D eigenvalue weighted by Crippen LogP contribution is -2.55. The lowest BCUT2D eigenvalue weighted by atomic mass is 9.81. The smallest absolute Gasteiger partial charge is 0.332 e. The molecule has 2 aliphatic rings. The summed E-state index contributed by atoms with van der Waals surface area (Å²) in [7, 11) is 0. The fourth-order valence-corrected chi connectivity index (χ4v) is 5.13. The van der Waals surface area contributed by atoms with E-state index in [1.165, 1.54) is 13.8 Å². The van der Waals surface area contributed by atoms with Crippen molar-refractivity contribution >= 4 is 23.8 Å². The standard InChI is InChI=1S/C26H36N2O6/c1-19(29)27-25(12-5-3-6-13-25)23(31)33-17-21-10-9-11-22(16-21)18-34-24(32)26(28-20(2)30)14-7-4-8-15-26/h9-11,16H,3-8,12-15,17-18H2,1-2H3,(H,27,29)(H,28,30). The van der Waals surface area contributed by atoms with Crippen LogP contribution in [0.2, 0.25) is 0 Å². The number of benzene rings is 1.